The maximum absolute atomic E-state index is 9.44. The molecule has 0 spiro atoms. The summed E-state index contributed by atoms with van der Waals surface area (Å²) in [5.41, 5.74) is 4.67. The van der Waals surface area contributed by atoms with Crippen LogP contribution >= 0.6 is 0 Å². The molecule has 3 heterocycles. The summed E-state index contributed by atoms with van der Waals surface area (Å²) in [6.45, 7) is 5.08. The molecule has 0 radical (unpaired) electrons. The molecule has 2 N–H and O–H groups in total. The number of aromatic nitrogens is 1. The first-order chi connectivity index (χ1) is 14.8. The zero-order valence-electron chi connectivity index (χ0n) is 17.0. The van der Waals surface area contributed by atoms with Crippen molar-refractivity contribution in [2.75, 3.05) is 44.3 Å². The number of benzene rings is 2. The predicted molar refractivity (Wildman–Crippen MR) is 117 cm³/mol. The van der Waals surface area contributed by atoms with Crippen LogP contribution in [0.15, 0.2) is 60.7 Å². The predicted octanol–water partition coefficient (Wildman–Crippen LogP) is 3.14. The van der Waals surface area contributed by atoms with Gasteiger partial charge in [0.05, 0.1) is 12.3 Å². The molecule has 2 aromatic carbocycles. The van der Waals surface area contributed by atoms with Crippen molar-refractivity contribution in [3.8, 4) is 22.8 Å². The van der Waals surface area contributed by atoms with Gasteiger partial charge in [-0.15, -0.1) is 0 Å². The van der Waals surface area contributed by atoms with Gasteiger partial charge in [0, 0.05) is 44.1 Å². The van der Waals surface area contributed by atoms with E-state index in [2.05, 4.69) is 57.2 Å². The van der Waals surface area contributed by atoms with Gasteiger partial charge in [0.1, 0.15) is 6.61 Å². The number of para-hydroxylation sites is 1. The molecule has 2 aliphatic rings. The van der Waals surface area contributed by atoms with Crippen LogP contribution in [0.3, 0.4) is 0 Å². The number of rotatable bonds is 5. The fourth-order valence-corrected chi connectivity index (χ4v) is 4.17. The first-order valence-electron chi connectivity index (χ1n) is 10.5. The third kappa shape index (κ3) is 3.88. The second-order valence-electron chi connectivity index (χ2n) is 7.86. The number of fused-ring (bicyclic) bond motifs is 1. The highest BCUT2D eigenvalue weighted by Crippen LogP contribution is 2.41. The maximum Gasteiger partial charge on any atom is 0.185 e. The van der Waals surface area contributed by atoms with E-state index in [1.54, 1.807) is 0 Å². The Labute approximate surface area is 176 Å². The van der Waals surface area contributed by atoms with Crippen LogP contribution in [-0.2, 0) is 6.54 Å². The largest absolute Gasteiger partial charge is 0.486 e. The summed E-state index contributed by atoms with van der Waals surface area (Å²) >= 11 is 0. The minimum Gasteiger partial charge on any atom is -0.486 e. The second-order valence-corrected chi connectivity index (χ2v) is 7.86. The molecular formula is C24H27N3O3. The molecule has 5 rings (SSSR count). The van der Waals surface area contributed by atoms with Crippen molar-refractivity contribution in [2.45, 2.75) is 12.6 Å². The average molecular weight is 405 g/mol. The molecule has 3 aromatic rings. The standard InChI is InChI=1S/C24H27N3O3/c28-16-20-17-29-23-8-4-7-22(24(23)30-20)27-13-11-26(12-14-27)15-19-9-10-21(25-19)18-5-2-1-3-6-18/h1-10,20,25,28H,11-17H2. The number of anilines is 1. The molecule has 6 heteroatoms. The Morgan fingerprint density at radius 1 is 0.933 bits per heavy atom. The molecule has 1 saturated heterocycles. The molecule has 6 nitrogen and oxygen atoms in total. The van der Waals surface area contributed by atoms with Gasteiger partial charge in [-0.25, -0.2) is 0 Å². The SMILES string of the molecule is OCC1COc2cccc(N3CCN(Cc4ccc(-c5ccccc5)[nH]4)CC3)c2O1. The third-order valence-corrected chi connectivity index (χ3v) is 5.81. The first-order valence-corrected chi connectivity index (χ1v) is 10.5. The normalized spacial score (nSPS) is 19.1. The number of nitrogens with zero attached hydrogens (tertiary/aromatic N) is 2. The average Bonchev–Trinajstić information content (AvgIpc) is 3.28. The number of hydrogen-bond donors (Lipinski definition) is 2. The highest BCUT2D eigenvalue weighted by molar-refractivity contribution is 5.65. The summed E-state index contributed by atoms with van der Waals surface area (Å²) in [5, 5.41) is 9.44. The summed E-state index contributed by atoms with van der Waals surface area (Å²) in [6.07, 6.45) is -0.299. The summed E-state index contributed by atoms with van der Waals surface area (Å²) in [4.78, 5) is 8.38. The van der Waals surface area contributed by atoms with Gasteiger partial charge >= 0.3 is 0 Å². The van der Waals surface area contributed by atoms with Crippen LogP contribution in [-0.4, -0.2) is 60.5 Å². The molecule has 30 heavy (non-hydrogen) atoms. The number of ether oxygens (including phenoxy) is 2. The number of aromatic amines is 1. The number of piperazine rings is 1. The van der Waals surface area contributed by atoms with Gasteiger partial charge < -0.3 is 24.5 Å². The lowest BCUT2D eigenvalue weighted by molar-refractivity contribution is 0.0459. The van der Waals surface area contributed by atoms with E-state index in [0.717, 1.165) is 55.6 Å². The molecule has 0 bridgehead atoms. The van der Waals surface area contributed by atoms with Crippen LogP contribution in [0.4, 0.5) is 5.69 Å². The van der Waals surface area contributed by atoms with Gasteiger partial charge in [-0.2, -0.15) is 0 Å². The quantitative estimate of drug-likeness (QED) is 0.683. The molecule has 156 valence electrons. The van der Waals surface area contributed by atoms with E-state index in [9.17, 15) is 5.11 Å². The molecular weight excluding hydrogens is 378 g/mol. The Kier molecular flexibility index (Phi) is 5.34. The lowest BCUT2D eigenvalue weighted by Gasteiger charge is -2.38. The zero-order chi connectivity index (χ0) is 20.3. The van der Waals surface area contributed by atoms with E-state index >= 15 is 0 Å². The van der Waals surface area contributed by atoms with Crippen molar-refractivity contribution in [1.82, 2.24) is 9.88 Å². The van der Waals surface area contributed by atoms with E-state index in [1.165, 1.54) is 11.3 Å². The smallest absolute Gasteiger partial charge is 0.185 e. The fraction of sp³-hybridized carbons (Fsp3) is 0.333. The molecule has 0 amide bonds. The van der Waals surface area contributed by atoms with Crippen molar-refractivity contribution >= 4 is 5.69 Å². The van der Waals surface area contributed by atoms with Crippen molar-refractivity contribution in [3.05, 3.63) is 66.4 Å². The minimum absolute atomic E-state index is 0.0390. The van der Waals surface area contributed by atoms with Gasteiger partial charge in [-0.1, -0.05) is 36.4 Å². The Balaban J connectivity index is 1.22. The molecule has 1 aromatic heterocycles. The minimum atomic E-state index is -0.299. The van der Waals surface area contributed by atoms with Crippen molar-refractivity contribution in [1.29, 1.82) is 0 Å². The number of nitrogens with one attached hydrogen (secondary N) is 1. The van der Waals surface area contributed by atoms with Crippen LogP contribution in [0.1, 0.15) is 5.69 Å². The van der Waals surface area contributed by atoms with Gasteiger partial charge in [0.15, 0.2) is 17.6 Å². The number of aliphatic hydroxyl groups is 1. The number of hydrogen-bond acceptors (Lipinski definition) is 5. The van der Waals surface area contributed by atoms with Crippen LogP contribution in [0, 0.1) is 0 Å². The molecule has 0 saturated carbocycles. The zero-order valence-corrected chi connectivity index (χ0v) is 17.0. The highest BCUT2D eigenvalue weighted by atomic mass is 16.6. The number of aliphatic hydroxyl groups excluding tert-OH is 1. The molecule has 0 aliphatic carbocycles. The Hall–Kier alpha value is -2.96. The summed E-state index contributed by atoms with van der Waals surface area (Å²) in [7, 11) is 0. The van der Waals surface area contributed by atoms with Crippen molar-refractivity contribution < 1.29 is 14.6 Å². The molecule has 1 fully saturated rings. The van der Waals surface area contributed by atoms with E-state index in [0.29, 0.717) is 6.61 Å². The lowest BCUT2D eigenvalue weighted by Crippen LogP contribution is -2.46. The maximum atomic E-state index is 9.44. The van der Waals surface area contributed by atoms with Crippen LogP contribution in [0.25, 0.3) is 11.3 Å². The number of H-pyrrole nitrogens is 1. The Morgan fingerprint density at radius 3 is 2.57 bits per heavy atom. The summed E-state index contributed by atoms with van der Waals surface area (Å²) in [6, 6.07) is 20.8. The van der Waals surface area contributed by atoms with Gasteiger partial charge in [-0.05, 0) is 29.8 Å². The van der Waals surface area contributed by atoms with Crippen molar-refractivity contribution in [3.63, 3.8) is 0 Å². The van der Waals surface area contributed by atoms with E-state index in [1.807, 2.05) is 18.2 Å². The van der Waals surface area contributed by atoms with Gasteiger partial charge in [0.25, 0.3) is 0 Å². The first kappa shape index (κ1) is 19.0. The summed E-state index contributed by atoms with van der Waals surface area (Å²) in [5.74, 6) is 1.52. The van der Waals surface area contributed by atoms with Gasteiger partial charge in [0.2, 0.25) is 0 Å². The van der Waals surface area contributed by atoms with Crippen LogP contribution in [0.2, 0.25) is 0 Å². The van der Waals surface area contributed by atoms with E-state index < -0.39 is 0 Å². The molecule has 1 unspecified atom stereocenters. The van der Waals surface area contributed by atoms with Gasteiger partial charge in [-0.3, -0.25) is 4.90 Å². The monoisotopic (exact) mass is 405 g/mol. The fourth-order valence-electron chi connectivity index (χ4n) is 4.17. The van der Waals surface area contributed by atoms with E-state index in [-0.39, 0.29) is 12.7 Å². The van der Waals surface area contributed by atoms with Crippen LogP contribution in [0.5, 0.6) is 11.5 Å². The summed E-state index contributed by atoms with van der Waals surface area (Å²) < 4.78 is 11.8. The van der Waals surface area contributed by atoms with E-state index in [4.69, 9.17) is 9.47 Å². The lowest BCUT2D eigenvalue weighted by atomic mass is 10.2. The van der Waals surface area contributed by atoms with Crippen LogP contribution < -0.4 is 14.4 Å². The van der Waals surface area contributed by atoms with Crippen molar-refractivity contribution in [2.24, 2.45) is 0 Å². The Bertz CT molecular complexity index is 980. The third-order valence-electron chi connectivity index (χ3n) is 5.81. The highest BCUT2D eigenvalue weighted by Gasteiger charge is 2.27. The molecule has 2 aliphatic heterocycles. The second kappa shape index (κ2) is 8.42. The topological polar surface area (TPSA) is 61.0 Å². The Morgan fingerprint density at radius 2 is 1.77 bits per heavy atom. The molecule has 1 atom stereocenters.